The van der Waals surface area contributed by atoms with E-state index in [1.165, 1.54) is 40.8 Å². The van der Waals surface area contributed by atoms with Gasteiger partial charge in [-0.3, -0.25) is 14.4 Å². The van der Waals surface area contributed by atoms with Crippen molar-refractivity contribution in [3.8, 4) is 0 Å². The Morgan fingerprint density at radius 1 is 1.36 bits per heavy atom. The van der Waals surface area contributed by atoms with Crippen molar-refractivity contribution in [1.29, 1.82) is 0 Å². The van der Waals surface area contributed by atoms with Crippen molar-refractivity contribution in [3.63, 3.8) is 0 Å². The number of carbonyl (C=O) groups excluding carboxylic acids is 1. The van der Waals surface area contributed by atoms with E-state index >= 15 is 0 Å². The fraction of sp³-hybridized carbons (Fsp3) is 0.250. The summed E-state index contributed by atoms with van der Waals surface area (Å²) >= 11 is 1.17. The molecule has 22 heavy (non-hydrogen) atoms. The van der Waals surface area contributed by atoms with Gasteiger partial charge in [-0.25, -0.2) is 18.4 Å². The van der Waals surface area contributed by atoms with E-state index in [1.807, 2.05) is 0 Å². The van der Waals surface area contributed by atoms with Gasteiger partial charge < -0.3 is 5.11 Å². The van der Waals surface area contributed by atoms with Gasteiger partial charge in [-0.1, -0.05) is 0 Å². The molecule has 0 unspecified atom stereocenters. The number of aliphatic hydroxyl groups excluding tert-OH is 1. The summed E-state index contributed by atoms with van der Waals surface area (Å²) in [5.41, 5.74) is 0. The van der Waals surface area contributed by atoms with Gasteiger partial charge in [0.05, 0.1) is 0 Å². The lowest BCUT2D eigenvalue weighted by Crippen LogP contribution is -2.29. The Labute approximate surface area is 130 Å². The molecular weight excluding hydrogens is 328 g/mol. The van der Waals surface area contributed by atoms with E-state index in [0.717, 1.165) is 0 Å². The molecule has 1 aliphatic heterocycles. The monoisotopic (exact) mass is 340 g/mol. The summed E-state index contributed by atoms with van der Waals surface area (Å²) in [6, 6.07) is 2.79. The van der Waals surface area contributed by atoms with Crippen molar-refractivity contribution < 1.29 is 18.3 Å². The highest BCUT2D eigenvalue weighted by Gasteiger charge is 2.31. The van der Waals surface area contributed by atoms with E-state index in [2.05, 4.69) is 14.7 Å². The van der Waals surface area contributed by atoms with E-state index in [9.17, 15) is 18.3 Å². The number of pyridine rings is 1. The molecule has 0 spiro atoms. The summed E-state index contributed by atoms with van der Waals surface area (Å²) in [6.45, 7) is 0.358. The first-order valence-electron chi connectivity index (χ1n) is 6.35. The average molecular weight is 340 g/mol. The number of aliphatic hydroxyl groups is 1. The zero-order valence-electron chi connectivity index (χ0n) is 11.2. The molecule has 3 heterocycles. The number of aromatic nitrogens is 2. The molecule has 0 aromatic carbocycles. The number of anilines is 2. The summed E-state index contributed by atoms with van der Waals surface area (Å²) in [4.78, 5) is 20.8. The van der Waals surface area contributed by atoms with Gasteiger partial charge in [-0.05, 0) is 12.1 Å². The number of hydrogen-bond acceptors (Lipinski definition) is 7. The first-order chi connectivity index (χ1) is 10.5. The molecule has 8 nitrogen and oxygen atoms in total. The number of hydrogen-bond donors (Lipinski definition) is 2. The number of nitrogens with zero attached hydrogens (tertiary/aromatic N) is 3. The molecule has 116 valence electrons. The van der Waals surface area contributed by atoms with Crippen LogP contribution in [0.15, 0.2) is 34.8 Å². The van der Waals surface area contributed by atoms with E-state index in [0.29, 0.717) is 18.8 Å². The summed E-state index contributed by atoms with van der Waals surface area (Å²) in [6.07, 6.45) is 1.99. The normalized spacial score (nSPS) is 18.7. The number of amides is 1. The Hall–Kier alpha value is -2.04. The zero-order chi connectivity index (χ0) is 15.7. The van der Waals surface area contributed by atoms with Crippen molar-refractivity contribution in [2.45, 2.75) is 17.4 Å². The SMILES string of the molecule is O=C1[C@@H](O)CCN1c1ccc(S(=O)(=O)Nc2nccs2)cn1. The van der Waals surface area contributed by atoms with Crippen LogP contribution in [0.4, 0.5) is 10.9 Å². The molecular formula is C12H12N4O4S2. The van der Waals surface area contributed by atoms with Crippen LogP contribution >= 0.6 is 11.3 Å². The maximum atomic E-state index is 12.1. The lowest BCUT2D eigenvalue weighted by atomic mass is 10.3. The van der Waals surface area contributed by atoms with Crippen molar-refractivity contribution in [1.82, 2.24) is 9.97 Å². The Kier molecular flexibility index (Phi) is 3.81. The van der Waals surface area contributed by atoms with Crippen LogP contribution in [-0.2, 0) is 14.8 Å². The van der Waals surface area contributed by atoms with Crippen LogP contribution in [0.5, 0.6) is 0 Å². The summed E-state index contributed by atoms with van der Waals surface area (Å²) in [7, 11) is -3.77. The summed E-state index contributed by atoms with van der Waals surface area (Å²) in [5, 5.41) is 11.3. The molecule has 1 atom stereocenters. The Morgan fingerprint density at radius 3 is 2.73 bits per heavy atom. The Morgan fingerprint density at radius 2 is 2.18 bits per heavy atom. The van der Waals surface area contributed by atoms with Crippen molar-refractivity contribution >= 4 is 38.2 Å². The number of nitrogens with one attached hydrogen (secondary N) is 1. The van der Waals surface area contributed by atoms with Crippen LogP contribution in [-0.4, -0.2) is 42.0 Å². The summed E-state index contributed by atoms with van der Waals surface area (Å²) < 4.78 is 26.6. The minimum atomic E-state index is -3.77. The lowest BCUT2D eigenvalue weighted by molar-refractivity contribution is -0.124. The average Bonchev–Trinajstić information content (AvgIpc) is 3.10. The zero-order valence-corrected chi connectivity index (χ0v) is 12.8. The van der Waals surface area contributed by atoms with Crippen molar-refractivity contribution in [2.75, 3.05) is 16.2 Å². The quantitative estimate of drug-likeness (QED) is 0.835. The van der Waals surface area contributed by atoms with Gasteiger partial charge in [-0.2, -0.15) is 0 Å². The molecule has 1 saturated heterocycles. The Balaban J connectivity index is 1.81. The van der Waals surface area contributed by atoms with Gasteiger partial charge in [-0.15, -0.1) is 11.3 Å². The largest absolute Gasteiger partial charge is 0.383 e. The smallest absolute Gasteiger partial charge is 0.265 e. The molecule has 0 bridgehead atoms. The van der Waals surface area contributed by atoms with Gasteiger partial charge >= 0.3 is 0 Å². The predicted octanol–water partition coefficient (Wildman–Crippen LogP) is 0.436. The van der Waals surface area contributed by atoms with E-state index in [-0.39, 0.29) is 10.0 Å². The van der Waals surface area contributed by atoms with Crippen LogP contribution in [0.3, 0.4) is 0 Å². The summed E-state index contributed by atoms with van der Waals surface area (Å²) in [5.74, 6) is -0.112. The third-order valence-electron chi connectivity index (χ3n) is 3.14. The van der Waals surface area contributed by atoms with Gasteiger partial charge in [0.1, 0.15) is 16.8 Å². The van der Waals surface area contributed by atoms with Gasteiger partial charge in [0, 0.05) is 30.7 Å². The van der Waals surface area contributed by atoms with Gasteiger partial charge in [0.25, 0.3) is 15.9 Å². The maximum absolute atomic E-state index is 12.1. The highest BCUT2D eigenvalue weighted by Crippen LogP contribution is 2.22. The lowest BCUT2D eigenvalue weighted by Gasteiger charge is -2.14. The molecule has 3 rings (SSSR count). The molecule has 1 fully saturated rings. The molecule has 2 aromatic rings. The third kappa shape index (κ3) is 2.80. The number of carbonyl (C=O) groups is 1. The first kappa shape index (κ1) is 14.9. The Bertz CT molecular complexity index is 774. The molecule has 0 saturated carbocycles. The van der Waals surface area contributed by atoms with E-state index in [1.54, 1.807) is 5.38 Å². The molecule has 10 heteroatoms. The van der Waals surface area contributed by atoms with E-state index in [4.69, 9.17) is 0 Å². The number of sulfonamides is 1. The molecule has 0 aliphatic carbocycles. The van der Waals surface area contributed by atoms with Gasteiger partial charge in [0.2, 0.25) is 0 Å². The molecule has 1 amide bonds. The van der Waals surface area contributed by atoms with Crippen LogP contribution in [0, 0.1) is 0 Å². The van der Waals surface area contributed by atoms with Crippen molar-refractivity contribution in [3.05, 3.63) is 29.9 Å². The minimum Gasteiger partial charge on any atom is -0.383 e. The molecule has 2 aromatic heterocycles. The standard InChI is InChI=1S/C12H12N4O4S2/c17-9-3-5-16(11(9)18)10-2-1-8(7-14-10)22(19,20)15-12-13-4-6-21-12/h1-2,4,6-7,9,17H,3,5H2,(H,13,15)/t9-/m0/s1. The van der Waals surface area contributed by atoms with Crippen LogP contribution in [0.1, 0.15) is 6.42 Å². The fourth-order valence-electron chi connectivity index (χ4n) is 2.03. The minimum absolute atomic E-state index is 0.0290. The third-order valence-corrected chi connectivity index (χ3v) is 5.28. The first-order valence-corrected chi connectivity index (χ1v) is 8.71. The maximum Gasteiger partial charge on any atom is 0.265 e. The van der Waals surface area contributed by atoms with E-state index < -0.39 is 22.0 Å². The molecule has 1 aliphatic rings. The van der Waals surface area contributed by atoms with Crippen molar-refractivity contribution in [2.24, 2.45) is 0 Å². The topological polar surface area (TPSA) is 112 Å². The predicted molar refractivity (Wildman–Crippen MR) is 80.1 cm³/mol. The van der Waals surface area contributed by atoms with Gasteiger partial charge in [0.15, 0.2) is 5.13 Å². The van der Waals surface area contributed by atoms with Crippen LogP contribution in [0.25, 0.3) is 0 Å². The second kappa shape index (κ2) is 5.63. The fourth-order valence-corrected chi connectivity index (χ4v) is 3.76. The second-order valence-electron chi connectivity index (χ2n) is 4.59. The molecule has 0 radical (unpaired) electrons. The number of thiazole rings is 1. The highest BCUT2D eigenvalue weighted by atomic mass is 32.2. The van der Waals surface area contributed by atoms with Crippen LogP contribution < -0.4 is 9.62 Å². The highest BCUT2D eigenvalue weighted by molar-refractivity contribution is 7.93. The number of rotatable bonds is 4. The molecule has 2 N–H and O–H groups in total. The van der Waals surface area contributed by atoms with Crippen LogP contribution in [0.2, 0.25) is 0 Å². The second-order valence-corrected chi connectivity index (χ2v) is 7.17.